The van der Waals surface area contributed by atoms with E-state index in [2.05, 4.69) is 17.1 Å². The Morgan fingerprint density at radius 2 is 1.95 bits per heavy atom. The van der Waals surface area contributed by atoms with Crippen molar-refractivity contribution in [2.75, 3.05) is 0 Å². The molecule has 2 aliphatic carbocycles. The van der Waals surface area contributed by atoms with Crippen molar-refractivity contribution in [3.63, 3.8) is 0 Å². The number of aryl methyl sites for hydroxylation is 2. The van der Waals surface area contributed by atoms with Crippen LogP contribution in [0, 0.1) is 0 Å². The number of hydrogen-bond donors (Lipinski definition) is 2. The fraction of sp³-hybridized carbons (Fsp3) is 0.471. The van der Waals surface area contributed by atoms with Crippen molar-refractivity contribution in [2.45, 2.75) is 50.4 Å². The van der Waals surface area contributed by atoms with Crippen LogP contribution in [0.15, 0.2) is 18.2 Å². The number of carboxylic acids is 1. The quantitative estimate of drug-likeness (QED) is 0.876. The summed E-state index contributed by atoms with van der Waals surface area (Å²) in [6.07, 6.45) is 7.07. The molecule has 3 heteroatoms. The summed E-state index contributed by atoms with van der Waals surface area (Å²) in [5.74, 6) is -0.651. The molecule has 1 aromatic carbocycles. The van der Waals surface area contributed by atoms with Gasteiger partial charge in [0, 0.05) is 16.6 Å². The van der Waals surface area contributed by atoms with Crippen LogP contribution in [0.1, 0.15) is 48.9 Å². The molecule has 0 saturated heterocycles. The Morgan fingerprint density at radius 3 is 2.70 bits per heavy atom. The number of rotatable bonds is 2. The molecule has 4 rings (SSSR count). The van der Waals surface area contributed by atoms with E-state index in [0.717, 1.165) is 49.6 Å². The molecule has 0 atom stereocenters. The Labute approximate surface area is 118 Å². The Kier molecular flexibility index (Phi) is 2.47. The van der Waals surface area contributed by atoms with Crippen molar-refractivity contribution < 1.29 is 9.90 Å². The van der Waals surface area contributed by atoms with E-state index >= 15 is 0 Å². The molecule has 1 aromatic heterocycles. The highest BCUT2D eigenvalue weighted by atomic mass is 16.4. The fourth-order valence-corrected chi connectivity index (χ4v) is 4.15. The second-order valence-corrected chi connectivity index (χ2v) is 6.29. The first kappa shape index (κ1) is 12.0. The second-order valence-electron chi connectivity index (χ2n) is 6.29. The number of fused-ring (bicyclic) bond motifs is 3. The minimum Gasteiger partial charge on any atom is -0.481 e. The van der Waals surface area contributed by atoms with E-state index in [-0.39, 0.29) is 0 Å². The first-order chi connectivity index (χ1) is 9.71. The third kappa shape index (κ3) is 1.49. The lowest BCUT2D eigenvalue weighted by molar-refractivity contribution is -0.143. The zero-order valence-corrected chi connectivity index (χ0v) is 11.5. The van der Waals surface area contributed by atoms with Crippen LogP contribution in [0.4, 0.5) is 0 Å². The Balaban J connectivity index is 1.90. The van der Waals surface area contributed by atoms with Gasteiger partial charge in [0.15, 0.2) is 0 Å². The summed E-state index contributed by atoms with van der Waals surface area (Å²) >= 11 is 0. The molecular weight excluding hydrogens is 250 g/mol. The van der Waals surface area contributed by atoms with Crippen LogP contribution in [0.5, 0.6) is 0 Å². The average molecular weight is 269 g/mol. The van der Waals surface area contributed by atoms with Gasteiger partial charge in [0.2, 0.25) is 0 Å². The third-order valence-electron chi connectivity index (χ3n) is 5.27. The summed E-state index contributed by atoms with van der Waals surface area (Å²) in [6.45, 7) is 0. The van der Waals surface area contributed by atoms with Crippen molar-refractivity contribution >= 4 is 16.9 Å². The molecule has 0 unspecified atom stereocenters. The number of carbonyl (C=O) groups is 1. The SMILES string of the molecule is O=C(O)C1(c2ccc3[nH]c4c(c3c2)CCC4)CCCC1. The zero-order valence-electron chi connectivity index (χ0n) is 11.5. The summed E-state index contributed by atoms with van der Waals surface area (Å²) in [5, 5.41) is 11.0. The van der Waals surface area contributed by atoms with E-state index in [4.69, 9.17) is 0 Å². The van der Waals surface area contributed by atoms with Crippen LogP contribution >= 0.6 is 0 Å². The molecule has 0 radical (unpaired) electrons. The van der Waals surface area contributed by atoms with Crippen molar-refractivity contribution in [3.8, 4) is 0 Å². The highest BCUT2D eigenvalue weighted by molar-refractivity contribution is 5.89. The number of hydrogen-bond acceptors (Lipinski definition) is 1. The minimum atomic E-state index is -0.651. The Bertz CT molecular complexity index is 692. The molecule has 0 aliphatic heterocycles. The van der Waals surface area contributed by atoms with Crippen molar-refractivity contribution in [1.29, 1.82) is 0 Å². The molecule has 0 spiro atoms. The lowest BCUT2D eigenvalue weighted by Crippen LogP contribution is -2.32. The van der Waals surface area contributed by atoms with E-state index in [0.29, 0.717) is 0 Å². The summed E-state index contributed by atoms with van der Waals surface area (Å²) in [5.41, 5.74) is 4.30. The van der Waals surface area contributed by atoms with Gasteiger partial charge in [-0.05, 0) is 55.4 Å². The van der Waals surface area contributed by atoms with Gasteiger partial charge >= 0.3 is 5.97 Å². The molecule has 2 N–H and O–H groups in total. The van der Waals surface area contributed by atoms with E-state index < -0.39 is 11.4 Å². The number of nitrogens with one attached hydrogen (secondary N) is 1. The highest BCUT2D eigenvalue weighted by Crippen LogP contribution is 2.43. The first-order valence-electron chi connectivity index (χ1n) is 7.58. The molecule has 3 nitrogen and oxygen atoms in total. The van der Waals surface area contributed by atoms with Crippen LogP contribution in [-0.4, -0.2) is 16.1 Å². The smallest absolute Gasteiger partial charge is 0.314 e. The minimum absolute atomic E-state index is 0.642. The average Bonchev–Trinajstić information content (AvgIpc) is 3.14. The highest BCUT2D eigenvalue weighted by Gasteiger charge is 2.43. The molecule has 2 aromatic rings. The maximum absolute atomic E-state index is 11.8. The molecule has 1 saturated carbocycles. The van der Waals surface area contributed by atoms with Gasteiger partial charge in [0.05, 0.1) is 5.41 Å². The molecular formula is C17H19NO2. The maximum atomic E-state index is 11.8. The van der Waals surface area contributed by atoms with Gasteiger partial charge in [-0.2, -0.15) is 0 Å². The van der Waals surface area contributed by atoms with Gasteiger partial charge in [-0.25, -0.2) is 0 Å². The number of carboxylic acid groups (broad SMARTS) is 1. The number of aromatic nitrogens is 1. The van der Waals surface area contributed by atoms with Crippen molar-refractivity contribution in [2.24, 2.45) is 0 Å². The predicted molar refractivity (Wildman–Crippen MR) is 78.1 cm³/mol. The third-order valence-corrected chi connectivity index (χ3v) is 5.27. The molecule has 1 heterocycles. The maximum Gasteiger partial charge on any atom is 0.314 e. The van der Waals surface area contributed by atoms with Gasteiger partial charge in [0.1, 0.15) is 0 Å². The van der Waals surface area contributed by atoms with Gasteiger partial charge in [-0.3, -0.25) is 4.79 Å². The van der Waals surface area contributed by atoms with Crippen LogP contribution in [0.3, 0.4) is 0 Å². The van der Waals surface area contributed by atoms with E-state index in [1.54, 1.807) is 0 Å². The second kappa shape index (κ2) is 4.11. The molecule has 1 fully saturated rings. The Morgan fingerprint density at radius 1 is 1.15 bits per heavy atom. The van der Waals surface area contributed by atoms with Crippen molar-refractivity contribution in [3.05, 3.63) is 35.0 Å². The lowest BCUT2D eigenvalue weighted by atomic mass is 9.78. The lowest BCUT2D eigenvalue weighted by Gasteiger charge is -2.24. The number of benzene rings is 1. The molecule has 0 bridgehead atoms. The molecule has 0 amide bonds. The first-order valence-corrected chi connectivity index (χ1v) is 7.58. The standard InChI is InChI=1S/C17H19NO2/c19-16(20)17(8-1-2-9-17)11-6-7-15-13(10-11)12-4-3-5-14(12)18-15/h6-7,10,18H,1-5,8-9H2,(H,19,20). The summed E-state index contributed by atoms with van der Waals surface area (Å²) in [4.78, 5) is 15.3. The van der Waals surface area contributed by atoms with Crippen LogP contribution in [0.2, 0.25) is 0 Å². The van der Waals surface area contributed by atoms with Crippen LogP contribution < -0.4 is 0 Å². The van der Waals surface area contributed by atoms with E-state index in [1.807, 2.05) is 6.07 Å². The monoisotopic (exact) mass is 269 g/mol. The largest absolute Gasteiger partial charge is 0.481 e. The topological polar surface area (TPSA) is 53.1 Å². The van der Waals surface area contributed by atoms with Crippen LogP contribution in [-0.2, 0) is 23.1 Å². The zero-order chi connectivity index (χ0) is 13.7. The summed E-state index contributed by atoms with van der Waals surface area (Å²) in [6, 6.07) is 6.24. The molecule has 2 aliphatic rings. The molecule has 104 valence electrons. The molecule has 20 heavy (non-hydrogen) atoms. The Hall–Kier alpha value is -1.77. The van der Waals surface area contributed by atoms with Gasteiger partial charge in [-0.15, -0.1) is 0 Å². The van der Waals surface area contributed by atoms with Gasteiger partial charge in [-0.1, -0.05) is 18.9 Å². The number of aliphatic carboxylic acids is 1. The van der Waals surface area contributed by atoms with Gasteiger partial charge in [0.25, 0.3) is 0 Å². The normalized spacial score (nSPS) is 20.4. The van der Waals surface area contributed by atoms with E-state index in [9.17, 15) is 9.90 Å². The predicted octanol–water partition coefficient (Wildman–Crippen LogP) is 3.55. The summed E-state index contributed by atoms with van der Waals surface area (Å²) < 4.78 is 0. The number of aromatic amines is 1. The fourth-order valence-electron chi connectivity index (χ4n) is 4.15. The van der Waals surface area contributed by atoms with E-state index in [1.165, 1.54) is 23.1 Å². The summed E-state index contributed by atoms with van der Waals surface area (Å²) in [7, 11) is 0. The van der Waals surface area contributed by atoms with Crippen LogP contribution in [0.25, 0.3) is 10.9 Å². The van der Waals surface area contributed by atoms with Gasteiger partial charge < -0.3 is 10.1 Å². The number of H-pyrrole nitrogens is 1. The van der Waals surface area contributed by atoms with Crippen molar-refractivity contribution in [1.82, 2.24) is 4.98 Å².